The quantitative estimate of drug-likeness (QED) is 0.282. The highest BCUT2D eigenvalue weighted by Crippen LogP contribution is 2.41. The van der Waals surface area contributed by atoms with Crippen LogP contribution in [-0.4, -0.2) is 12.1 Å². The number of hydrogen-bond donors (Lipinski definition) is 0. The monoisotopic (exact) mass is 439 g/mol. The van der Waals surface area contributed by atoms with Gasteiger partial charge < -0.3 is 9.15 Å². The van der Waals surface area contributed by atoms with Gasteiger partial charge in [-0.3, -0.25) is 0 Å². The summed E-state index contributed by atoms with van der Waals surface area (Å²) in [6.45, 7) is 0. The Kier molecular flexibility index (Phi) is 4.68. The molecule has 0 aliphatic heterocycles. The number of ether oxygens (including phenoxy) is 1. The summed E-state index contributed by atoms with van der Waals surface area (Å²) in [7, 11) is 1.37. The van der Waals surface area contributed by atoms with E-state index in [9.17, 15) is 31.1 Å². The number of halogens is 6. The zero-order valence-corrected chi connectivity index (χ0v) is 15.6. The molecular weight excluding hydrogens is 428 g/mol. The molecule has 0 radical (unpaired) electrons. The summed E-state index contributed by atoms with van der Waals surface area (Å²) in [5.41, 5.74) is -4.83. The molecule has 2 aromatic carbocycles. The lowest BCUT2D eigenvalue weighted by molar-refractivity contribution is -0.142. The fourth-order valence-corrected chi connectivity index (χ4v) is 3.34. The number of benzene rings is 2. The summed E-state index contributed by atoms with van der Waals surface area (Å²) in [5.74, 6) is 0.322. The molecular formula is C21H11F6NO3. The maximum Gasteiger partial charge on any atom is 0.433 e. The molecule has 2 aromatic heterocycles. The topological polar surface area (TPSA) is 52.3 Å². The van der Waals surface area contributed by atoms with Gasteiger partial charge in [0, 0.05) is 28.5 Å². The Morgan fingerprint density at radius 1 is 0.871 bits per heavy atom. The first-order valence-electron chi connectivity index (χ1n) is 8.69. The van der Waals surface area contributed by atoms with Crippen molar-refractivity contribution in [2.24, 2.45) is 0 Å². The Morgan fingerprint density at radius 3 is 2.23 bits per heavy atom. The standard InChI is InChI=1S/C21H11F6NO3/c1-30-10-5-6-11-14(9-18(29)31-16(11)7-10)13-8-17(21(25,26)27)28-19-12(13)3-2-4-15(19)20(22,23)24/h2-9H,1H3. The van der Waals surface area contributed by atoms with Crippen molar-refractivity contribution >= 4 is 21.9 Å². The van der Waals surface area contributed by atoms with Crippen LogP contribution in [0.3, 0.4) is 0 Å². The highest BCUT2D eigenvalue weighted by Gasteiger charge is 2.37. The summed E-state index contributed by atoms with van der Waals surface area (Å²) in [5, 5.41) is 0.0315. The van der Waals surface area contributed by atoms with E-state index in [0.29, 0.717) is 17.9 Å². The molecule has 0 fully saturated rings. The fourth-order valence-electron chi connectivity index (χ4n) is 3.34. The lowest BCUT2D eigenvalue weighted by atomic mass is 9.95. The minimum Gasteiger partial charge on any atom is -0.497 e. The zero-order chi connectivity index (χ0) is 22.6. The van der Waals surface area contributed by atoms with Gasteiger partial charge in [-0.15, -0.1) is 0 Å². The molecule has 0 N–H and O–H groups in total. The molecule has 4 aromatic rings. The third kappa shape index (κ3) is 3.69. The summed E-state index contributed by atoms with van der Waals surface area (Å²) in [6.07, 6.45) is -9.95. The summed E-state index contributed by atoms with van der Waals surface area (Å²) < 4.78 is 91.1. The lowest BCUT2D eigenvalue weighted by Crippen LogP contribution is -2.12. The van der Waals surface area contributed by atoms with Crippen LogP contribution < -0.4 is 10.4 Å². The van der Waals surface area contributed by atoms with Crippen LogP contribution in [0.5, 0.6) is 5.75 Å². The van der Waals surface area contributed by atoms with Gasteiger partial charge in [0.25, 0.3) is 0 Å². The molecule has 2 heterocycles. The first kappa shape index (κ1) is 20.7. The van der Waals surface area contributed by atoms with Gasteiger partial charge >= 0.3 is 18.0 Å². The maximum absolute atomic E-state index is 13.5. The van der Waals surface area contributed by atoms with Gasteiger partial charge in [0.15, 0.2) is 0 Å². The number of hydrogen-bond acceptors (Lipinski definition) is 4. The number of alkyl halides is 6. The largest absolute Gasteiger partial charge is 0.497 e. The molecule has 0 spiro atoms. The van der Waals surface area contributed by atoms with Gasteiger partial charge in [-0.25, -0.2) is 9.78 Å². The number of fused-ring (bicyclic) bond motifs is 2. The van der Waals surface area contributed by atoms with Crippen LogP contribution in [0.4, 0.5) is 26.3 Å². The Labute approximate surface area is 169 Å². The third-order valence-electron chi connectivity index (χ3n) is 4.68. The average Bonchev–Trinajstić information content (AvgIpc) is 2.69. The second kappa shape index (κ2) is 7.00. The smallest absolute Gasteiger partial charge is 0.433 e. The van der Waals surface area contributed by atoms with E-state index in [1.807, 2.05) is 0 Å². The SMILES string of the molecule is COc1ccc2c(-c3cc(C(F)(F)F)nc4c(C(F)(F)F)cccc34)cc(=O)oc2c1. The molecule has 4 nitrogen and oxygen atoms in total. The molecule has 0 saturated heterocycles. The maximum atomic E-state index is 13.5. The van der Waals surface area contributed by atoms with Gasteiger partial charge in [-0.05, 0) is 29.8 Å². The molecule has 0 amide bonds. The molecule has 0 aliphatic rings. The molecule has 4 rings (SSSR count). The number of rotatable bonds is 2. The number of pyridine rings is 1. The molecule has 31 heavy (non-hydrogen) atoms. The highest BCUT2D eigenvalue weighted by molar-refractivity contribution is 6.04. The number of methoxy groups -OCH3 is 1. The molecule has 0 aliphatic carbocycles. The Bertz CT molecular complexity index is 1370. The molecule has 0 saturated carbocycles. The van der Waals surface area contributed by atoms with Gasteiger partial charge in [0.2, 0.25) is 0 Å². The Morgan fingerprint density at radius 2 is 1.58 bits per heavy atom. The summed E-state index contributed by atoms with van der Waals surface area (Å²) in [6, 6.07) is 8.79. The number of para-hydroxylation sites is 1. The van der Waals surface area contributed by atoms with Crippen LogP contribution in [0.2, 0.25) is 0 Å². The van der Waals surface area contributed by atoms with E-state index < -0.39 is 34.8 Å². The van der Waals surface area contributed by atoms with Crippen molar-refractivity contribution in [3.8, 4) is 16.9 Å². The van der Waals surface area contributed by atoms with E-state index in [4.69, 9.17) is 9.15 Å². The van der Waals surface area contributed by atoms with Crippen molar-refractivity contribution in [2.45, 2.75) is 12.4 Å². The number of nitrogens with zero attached hydrogens (tertiary/aromatic N) is 1. The molecule has 0 bridgehead atoms. The van der Waals surface area contributed by atoms with E-state index in [1.165, 1.54) is 31.4 Å². The van der Waals surface area contributed by atoms with Crippen LogP contribution in [0.15, 0.2) is 57.7 Å². The first-order chi connectivity index (χ1) is 14.5. The van der Waals surface area contributed by atoms with Crippen LogP contribution >= 0.6 is 0 Å². The second-order valence-corrected chi connectivity index (χ2v) is 6.59. The van der Waals surface area contributed by atoms with E-state index >= 15 is 0 Å². The van der Waals surface area contributed by atoms with Crippen LogP contribution in [0.25, 0.3) is 33.0 Å². The minimum atomic E-state index is -5.01. The zero-order valence-electron chi connectivity index (χ0n) is 15.6. The van der Waals surface area contributed by atoms with Crippen molar-refractivity contribution < 1.29 is 35.5 Å². The van der Waals surface area contributed by atoms with Crippen molar-refractivity contribution in [2.75, 3.05) is 7.11 Å². The van der Waals surface area contributed by atoms with Gasteiger partial charge in [0.1, 0.15) is 17.0 Å². The van der Waals surface area contributed by atoms with Crippen molar-refractivity contribution in [1.29, 1.82) is 0 Å². The van der Waals surface area contributed by atoms with Gasteiger partial charge in [-0.2, -0.15) is 26.3 Å². The Balaban J connectivity index is 2.17. The average molecular weight is 439 g/mol. The summed E-state index contributed by atoms with van der Waals surface area (Å²) >= 11 is 0. The number of aromatic nitrogens is 1. The Hall–Kier alpha value is -3.56. The second-order valence-electron chi connectivity index (χ2n) is 6.59. The lowest BCUT2D eigenvalue weighted by Gasteiger charge is -2.16. The van der Waals surface area contributed by atoms with Crippen LogP contribution in [-0.2, 0) is 12.4 Å². The van der Waals surface area contributed by atoms with Gasteiger partial charge in [-0.1, -0.05) is 12.1 Å². The van der Waals surface area contributed by atoms with E-state index in [2.05, 4.69) is 4.98 Å². The highest BCUT2D eigenvalue weighted by atomic mass is 19.4. The van der Waals surface area contributed by atoms with E-state index in [0.717, 1.165) is 12.1 Å². The molecule has 0 unspecified atom stereocenters. The first-order valence-corrected chi connectivity index (χ1v) is 8.69. The van der Waals surface area contributed by atoms with Crippen molar-refractivity contribution in [3.05, 3.63) is 70.2 Å². The van der Waals surface area contributed by atoms with Crippen molar-refractivity contribution in [3.63, 3.8) is 0 Å². The van der Waals surface area contributed by atoms with Crippen LogP contribution in [0, 0.1) is 0 Å². The van der Waals surface area contributed by atoms with Crippen molar-refractivity contribution in [1.82, 2.24) is 4.98 Å². The predicted molar refractivity (Wildman–Crippen MR) is 99.8 cm³/mol. The van der Waals surface area contributed by atoms with Crippen LogP contribution in [0.1, 0.15) is 11.3 Å². The fraction of sp³-hybridized carbons (Fsp3) is 0.143. The molecule has 0 atom stereocenters. The normalized spacial score (nSPS) is 12.5. The minimum absolute atomic E-state index is 0.00680. The molecule has 160 valence electrons. The third-order valence-corrected chi connectivity index (χ3v) is 4.68. The predicted octanol–water partition coefficient (Wildman–Crippen LogP) is 6.05. The van der Waals surface area contributed by atoms with Gasteiger partial charge in [0.05, 0.1) is 18.2 Å². The summed E-state index contributed by atoms with van der Waals surface area (Å²) in [4.78, 5) is 15.4. The molecule has 10 heteroatoms. The van der Waals surface area contributed by atoms with E-state index in [-0.39, 0.29) is 27.5 Å². The van der Waals surface area contributed by atoms with E-state index in [1.54, 1.807) is 0 Å².